The van der Waals surface area contributed by atoms with Crippen molar-refractivity contribution in [1.82, 2.24) is 10.2 Å². The van der Waals surface area contributed by atoms with E-state index in [1.807, 2.05) is 0 Å². The number of aromatic nitrogens is 2. The first kappa shape index (κ1) is 9.17. The fraction of sp³-hybridized carbons (Fsp3) is 0.333. The van der Waals surface area contributed by atoms with Gasteiger partial charge < -0.3 is 4.74 Å². The fourth-order valence-corrected chi connectivity index (χ4v) is 0.886. The Labute approximate surface area is 72.9 Å². The molecule has 0 saturated heterocycles. The van der Waals surface area contributed by atoms with Gasteiger partial charge in [-0.15, -0.1) is 0 Å². The minimum atomic E-state index is -0.823. The van der Waals surface area contributed by atoms with Gasteiger partial charge in [0.05, 0.1) is 12.0 Å². The minimum Gasteiger partial charge on any atom is -0.464 e. The molecule has 0 atom stereocenters. The molecule has 1 aromatic rings. The number of ether oxygens (including phenoxy) is 1. The molecule has 0 aromatic carbocycles. The topological polar surface area (TPSA) is 98.1 Å². The number of methoxy groups -OCH3 is 1. The van der Waals surface area contributed by atoms with Crippen molar-refractivity contribution in [2.24, 2.45) is 0 Å². The molecule has 13 heavy (non-hydrogen) atoms. The smallest absolute Gasteiger partial charge is 0.365 e. The van der Waals surface area contributed by atoms with E-state index >= 15 is 0 Å². The number of nitrogens with one attached hydrogen (secondary N) is 1. The first-order chi connectivity index (χ1) is 6.07. The van der Waals surface area contributed by atoms with Gasteiger partial charge in [-0.25, -0.2) is 4.79 Å². The largest absolute Gasteiger partial charge is 0.464 e. The van der Waals surface area contributed by atoms with Crippen LogP contribution in [-0.4, -0.2) is 28.2 Å². The summed E-state index contributed by atoms with van der Waals surface area (Å²) in [5.74, 6) is -0.823. The van der Waals surface area contributed by atoms with Crippen molar-refractivity contribution >= 4 is 11.7 Å². The number of aryl methyl sites for hydroxylation is 1. The van der Waals surface area contributed by atoms with Crippen LogP contribution in [0.4, 0.5) is 5.69 Å². The van der Waals surface area contributed by atoms with E-state index in [2.05, 4.69) is 14.9 Å². The molecule has 0 aliphatic heterocycles. The van der Waals surface area contributed by atoms with Gasteiger partial charge in [0.1, 0.15) is 5.69 Å². The number of esters is 1. The van der Waals surface area contributed by atoms with Crippen LogP contribution in [0.5, 0.6) is 0 Å². The van der Waals surface area contributed by atoms with E-state index in [9.17, 15) is 14.9 Å². The van der Waals surface area contributed by atoms with Crippen molar-refractivity contribution in [3.63, 3.8) is 0 Å². The van der Waals surface area contributed by atoms with E-state index in [1.165, 1.54) is 6.92 Å². The average molecular weight is 185 g/mol. The van der Waals surface area contributed by atoms with Crippen LogP contribution in [0.15, 0.2) is 0 Å². The van der Waals surface area contributed by atoms with Crippen molar-refractivity contribution in [1.29, 1.82) is 0 Å². The molecule has 0 radical (unpaired) electrons. The molecule has 0 unspecified atom stereocenters. The maximum atomic E-state index is 10.9. The Hall–Kier alpha value is -1.92. The third-order valence-electron chi connectivity index (χ3n) is 1.48. The Morgan fingerprint density at radius 3 is 2.77 bits per heavy atom. The molecule has 70 valence electrons. The van der Waals surface area contributed by atoms with Crippen molar-refractivity contribution in [2.75, 3.05) is 7.11 Å². The molecule has 7 heteroatoms. The van der Waals surface area contributed by atoms with Crippen LogP contribution in [0.1, 0.15) is 16.2 Å². The lowest BCUT2D eigenvalue weighted by Gasteiger charge is -1.92. The second-order valence-corrected chi connectivity index (χ2v) is 2.29. The Kier molecular flexibility index (Phi) is 2.27. The number of carbonyl (C=O) groups is 1. The molecule has 1 rings (SSSR count). The molecule has 7 nitrogen and oxygen atoms in total. The molecule has 0 amide bonds. The van der Waals surface area contributed by atoms with Gasteiger partial charge in [0.25, 0.3) is 0 Å². The highest BCUT2D eigenvalue weighted by atomic mass is 16.6. The van der Waals surface area contributed by atoms with Gasteiger partial charge in [-0.05, 0) is 6.92 Å². The van der Waals surface area contributed by atoms with Crippen LogP contribution < -0.4 is 0 Å². The molecule has 0 aliphatic rings. The summed E-state index contributed by atoms with van der Waals surface area (Å²) < 4.78 is 4.31. The van der Waals surface area contributed by atoms with Crippen LogP contribution >= 0.6 is 0 Å². The maximum absolute atomic E-state index is 10.9. The van der Waals surface area contributed by atoms with E-state index in [4.69, 9.17) is 0 Å². The number of hydrogen-bond acceptors (Lipinski definition) is 5. The van der Waals surface area contributed by atoms with Crippen LogP contribution in [0.2, 0.25) is 0 Å². The Balaban J connectivity index is 3.22. The van der Waals surface area contributed by atoms with Crippen LogP contribution in [0.3, 0.4) is 0 Å². The number of rotatable bonds is 2. The summed E-state index contributed by atoms with van der Waals surface area (Å²) in [6.07, 6.45) is 0. The molecular weight excluding hydrogens is 178 g/mol. The number of H-pyrrole nitrogens is 1. The van der Waals surface area contributed by atoms with Gasteiger partial charge in [0.2, 0.25) is 5.69 Å². The highest BCUT2D eigenvalue weighted by Gasteiger charge is 2.27. The average Bonchev–Trinajstić information content (AvgIpc) is 2.45. The number of aromatic amines is 1. The summed E-state index contributed by atoms with van der Waals surface area (Å²) in [7, 11) is 1.13. The lowest BCUT2D eigenvalue weighted by Crippen LogP contribution is -2.05. The van der Waals surface area contributed by atoms with E-state index in [0.717, 1.165) is 7.11 Å². The molecule has 0 bridgehead atoms. The zero-order chi connectivity index (χ0) is 10.0. The molecule has 1 N–H and O–H groups in total. The van der Waals surface area contributed by atoms with Crippen molar-refractivity contribution < 1.29 is 14.5 Å². The summed E-state index contributed by atoms with van der Waals surface area (Å²) in [5.41, 5.74) is -0.415. The fourth-order valence-electron chi connectivity index (χ4n) is 0.886. The van der Waals surface area contributed by atoms with Gasteiger partial charge in [0.15, 0.2) is 0 Å². The number of hydrogen-bond donors (Lipinski definition) is 1. The Morgan fingerprint density at radius 1 is 1.69 bits per heavy atom. The predicted molar refractivity (Wildman–Crippen MR) is 41.3 cm³/mol. The van der Waals surface area contributed by atoms with Crippen LogP contribution in [-0.2, 0) is 4.74 Å². The summed E-state index contributed by atoms with van der Waals surface area (Å²) in [6.45, 7) is 1.46. The molecule has 0 saturated carbocycles. The highest BCUT2D eigenvalue weighted by molar-refractivity contribution is 5.91. The first-order valence-electron chi connectivity index (χ1n) is 3.35. The molecular formula is C6H7N3O4. The van der Waals surface area contributed by atoms with Gasteiger partial charge >= 0.3 is 11.7 Å². The third kappa shape index (κ3) is 1.48. The molecule has 0 fully saturated rings. The van der Waals surface area contributed by atoms with Gasteiger partial charge in [-0.3, -0.25) is 15.2 Å². The highest BCUT2D eigenvalue weighted by Crippen LogP contribution is 2.20. The second kappa shape index (κ2) is 3.21. The van der Waals surface area contributed by atoms with Gasteiger partial charge in [-0.1, -0.05) is 0 Å². The van der Waals surface area contributed by atoms with E-state index < -0.39 is 10.9 Å². The lowest BCUT2D eigenvalue weighted by atomic mass is 10.3. The zero-order valence-corrected chi connectivity index (χ0v) is 7.03. The summed E-state index contributed by atoms with van der Waals surface area (Å²) in [6, 6.07) is 0. The molecule has 0 spiro atoms. The monoisotopic (exact) mass is 185 g/mol. The summed E-state index contributed by atoms with van der Waals surface area (Å²) in [4.78, 5) is 20.7. The van der Waals surface area contributed by atoms with E-state index in [0.29, 0.717) is 0 Å². The third-order valence-corrected chi connectivity index (χ3v) is 1.48. The number of nitrogens with zero attached hydrogens (tertiary/aromatic N) is 2. The predicted octanol–water partition coefficient (Wildman–Crippen LogP) is 0.413. The Bertz CT molecular complexity index is 357. The van der Waals surface area contributed by atoms with E-state index in [1.54, 1.807) is 0 Å². The molecule has 1 aromatic heterocycles. The minimum absolute atomic E-state index is 0.227. The summed E-state index contributed by atoms with van der Waals surface area (Å²) >= 11 is 0. The number of carbonyl (C=O) groups excluding carboxylic acids is 1. The van der Waals surface area contributed by atoms with Gasteiger partial charge in [-0.2, -0.15) is 5.10 Å². The quantitative estimate of drug-likeness (QED) is 0.408. The van der Waals surface area contributed by atoms with Crippen molar-refractivity contribution in [3.8, 4) is 0 Å². The van der Waals surface area contributed by atoms with E-state index in [-0.39, 0.29) is 17.1 Å². The summed E-state index contributed by atoms with van der Waals surface area (Å²) in [5, 5.41) is 16.3. The maximum Gasteiger partial charge on any atom is 0.365 e. The molecule has 0 aliphatic carbocycles. The molecule has 1 heterocycles. The number of nitro groups is 1. The standard InChI is InChI=1S/C6H7N3O4/c1-3-5(9(11)12)4(8-7-3)6(10)13-2/h1-2H3,(H,7,8). The lowest BCUT2D eigenvalue weighted by molar-refractivity contribution is -0.385. The SMILES string of the molecule is COC(=O)c1n[nH]c(C)c1[N+](=O)[O-]. The normalized spacial score (nSPS) is 9.69. The zero-order valence-electron chi connectivity index (χ0n) is 7.03. The van der Waals surface area contributed by atoms with Crippen molar-refractivity contribution in [2.45, 2.75) is 6.92 Å². The second-order valence-electron chi connectivity index (χ2n) is 2.29. The van der Waals surface area contributed by atoms with Crippen LogP contribution in [0, 0.1) is 17.0 Å². The Morgan fingerprint density at radius 2 is 2.31 bits per heavy atom. The van der Waals surface area contributed by atoms with Crippen molar-refractivity contribution in [3.05, 3.63) is 21.5 Å². The van der Waals surface area contributed by atoms with Gasteiger partial charge in [0, 0.05) is 0 Å². The van der Waals surface area contributed by atoms with Crippen LogP contribution in [0.25, 0.3) is 0 Å². The first-order valence-corrected chi connectivity index (χ1v) is 3.35.